The molecule has 142 valence electrons. The van der Waals surface area contributed by atoms with Gasteiger partial charge in [0.25, 0.3) is 5.91 Å². The Hall–Kier alpha value is -1.71. The molecule has 0 radical (unpaired) electrons. The minimum absolute atomic E-state index is 0. The molecule has 2 N–H and O–H groups in total. The molecule has 0 bridgehead atoms. The normalized spacial score (nSPS) is 19.8. The Bertz CT molecular complexity index is 751. The Labute approximate surface area is 157 Å². The Morgan fingerprint density at radius 3 is 2.58 bits per heavy atom. The number of carbonyl (C=O) groups excluding carboxylic acids is 1. The molecule has 1 aliphatic rings. The first-order valence-electron chi connectivity index (χ1n) is 7.62. The van der Waals surface area contributed by atoms with Crippen LogP contribution in [0.4, 0.5) is 17.6 Å². The largest absolute Gasteiger partial charge is 0.416 e. The molecule has 1 saturated heterocycles. The van der Waals surface area contributed by atoms with E-state index < -0.39 is 23.8 Å². The van der Waals surface area contributed by atoms with E-state index in [1.165, 1.54) is 23.5 Å². The number of rotatable bonds is 4. The second-order valence-electron chi connectivity index (χ2n) is 5.76. The van der Waals surface area contributed by atoms with Gasteiger partial charge in [-0.1, -0.05) is 12.1 Å². The molecule has 3 rings (SSSR count). The Morgan fingerprint density at radius 1 is 1.31 bits per heavy atom. The number of halogens is 5. The molecule has 1 aromatic carbocycles. The lowest BCUT2D eigenvalue weighted by atomic mass is 10.1. The third-order valence-corrected chi connectivity index (χ3v) is 4.76. The molecule has 1 fully saturated rings. The third-order valence-electron chi connectivity index (χ3n) is 3.87. The van der Waals surface area contributed by atoms with Crippen molar-refractivity contribution in [1.29, 1.82) is 0 Å². The summed E-state index contributed by atoms with van der Waals surface area (Å²) in [5.74, 6) is -0.390. The topological polar surface area (TPSA) is 54.0 Å². The number of hydrogen-bond acceptors (Lipinski definition) is 4. The predicted octanol–water partition coefficient (Wildman–Crippen LogP) is 3.68. The number of benzene rings is 1. The summed E-state index contributed by atoms with van der Waals surface area (Å²) >= 11 is 1.17. The third kappa shape index (κ3) is 4.93. The molecule has 1 aromatic heterocycles. The van der Waals surface area contributed by atoms with Crippen LogP contribution in [0.15, 0.2) is 29.6 Å². The summed E-state index contributed by atoms with van der Waals surface area (Å²) in [5, 5.41) is 7.65. The van der Waals surface area contributed by atoms with E-state index in [1.54, 1.807) is 5.38 Å². The van der Waals surface area contributed by atoms with Crippen molar-refractivity contribution in [3.63, 3.8) is 0 Å². The van der Waals surface area contributed by atoms with E-state index in [4.69, 9.17) is 0 Å². The molecule has 0 unspecified atom stereocenters. The smallest absolute Gasteiger partial charge is 0.349 e. The lowest BCUT2D eigenvalue weighted by Gasteiger charge is -2.10. The first kappa shape index (κ1) is 20.6. The number of amides is 1. The fourth-order valence-corrected chi connectivity index (χ4v) is 3.35. The molecule has 0 aliphatic carbocycles. The maximum atomic E-state index is 13.1. The highest BCUT2D eigenvalue weighted by Gasteiger charge is 2.30. The predicted molar refractivity (Wildman–Crippen MR) is 93.4 cm³/mol. The minimum atomic E-state index is -4.39. The monoisotopic (exact) mass is 409 g/mol. The fourth-order valence-electron chi connectivity index (χ4n) is 2.54. The number of nitrogens with zero attached hydrogens (tertiary/aromatic N) is 1. The Kier molecular flexibility index (Phi) is 6.59. The van der Waals surface area contributed by atoms with Gasteiger partial charge < -0.3 is 10.6 Å². The molecule has 4 nitrogen and oxygen atoms in total. The van der Waals surface area contributed by atoms with Crippen LogP contribution >= 0.6 is 23.7 Å². The fraction of sp³-hybridized carbons (Fsp3) is 0.375. The highest BCUT2D eigenvalue weighted by Crippen LogP contribution is 2.31. The summed E-state index contributed by atoms with van der Waals surface area (Å²) in [6, 6.07) is 4.51. The van der Waals surface area contributed by atoms with Crippen LogP contribution in [0.1, 0.15) is 22.5 Å². The second-order valence-corrected chi connectivity index (χ2v) is 6.62. The van der Waals surface area contributed by atoms with Gasteiger partial charge in [0, 0.05) is 30.1 Å². The zero-order chi connectivity index (χ0) is 18.0. The summed E-state index contributed by atoms with van der Waals surface area (Å²) < 4.78 is 50.8. The van der Waals surface area contributed by atoms with Crippen LogP contribution < -0.4 is 10.6 Å². The van der Waals surface area contributed by atoms with Crippen molar-refractivity contribution < 1.29 is 22.4 Å². The van der Waals surface area contributed by atoms with Gasteiger partial charge in [0.1, 0.15) is 16.9 Å². The molecule has 2 heterocycles. The molecule has 0 spiro atoms. The van der Waals surface area contributed by atoms with Gasteiger partial charge in [-0.15, -0.1) is 23.7 Å². The van der Waals surface area contributed by atoms with E-state index in [2.05, 4.69) is 15.6 Å². The van der Waals surface area contributed by atoms with Gasteiger partial charge in [0.15, 0.2) is 0 Å². The highest BCUT2D eigenvalue weighted by atomic mass is 35.5. The maximum absolute atomic E-state index is 13.1. The summed E-state index contributed by atoms with van der Waals surface area (Å²) in [5.41, 5.74) is -0.0366. The molecule has 26 heavy (non-hydrogen) atoms. The molecule has 2 atom stereocenters. The Balaban J connectivity index is 0.00000243. The number of hydrogen-bond donors (Lipinski definition) is 2. The number of aromatic nitrogens is 1. The van der Waals surface area contributed by atoms with Crippen molar-refractivity contribution in [2.45, 2.75) is 24.8 Å². The number of thiazole rings is 1. The van der Waals surface area contributed by atoms with Crippen molar-refractivity contribution in [3.05, 3.63) is 40.9 Å². The van der Waals surface area contributed by atoms with E-state index in [-0.39, 0.29) is 30.7 Å². The lowest BCUT2D eigenvalue weighted by molar-refractivity contribution is -0.137. The molecule has 2 aromatic rings. The van der Waals surface area contributed by atoms with Gasteiger partial charge in [0.2, 0.25) is 0 Å². The van der Waals surface area contributed by atoms with E-state index in [1.807, 2.05) is 0 Å². The molecule has 10 heteroatoms. The minimum Gasteiger partial charge on any atom is -0.349 e. The average Bonchev–Trinajstić information content (AvgIpc) is 3.21. The van der Waals surface area contributed by atoms with Crippen molar-refractivity contribution in [2.75, 3.05) is 13.1 Å². The number of carbonyl (C=O) groups is 1. The first-order valence-corrected chi connectivity index (χ1v) is 8.49. The number of nitrogens with one attached hydrogen (secondary N) is 2. The maximum Gasteiger partial charge on any atom is 0.416 e. The molecule has 0 saturated carbocycles. The summed E-state index contributed by atoms with van der Waals surface area (Å²) in [6.45, 7) is 0.585. The van der Waals surface area contributed by atoms with Crippen LogP contribution in [-0.2, 0) is 6.18 Å². The van der Waals surface area contributed by atoms with Crippen LogP contribution in [0.5, 0.6) is 0 Å². The highest BCUT2D eigenvalue weighted by molar-refractivity contribution is 7.13. The van der Waals surface area contributed by atoms with E-state index in [0.29, 0.717) is 23.5 Å². The summed E-state index contributed by atoms with van der Waals surface area (Å²) in [4.78, 5) is 16.2. The van der Waals surface area contributed by atoms with E-state index in [0.717, 1.165) is 12.1 Å². The van der Waals surface area contributed by atoms with Gasteiger partial charge in [-0.2, -0.15) is 13.2 Å². The second kappa shape index (κ2) is 8.32. The van der Waals surface area contributed by atoms with Gasteiger partial charge in [-0.05, 0) is 18.6 Å². The van der Waals surface area contributed by atoms with Crippen molar-refractivity contribution in [3.8, 4) is 10.6 Å². The summed E-state index contributed by atoms with van der Waals surface area (Å²) in [7, 11) is 0. The lowest BCUT2D eigenvalue weighted by Crippen LogP contribution is -2.37. The SMILES string of the molecule is Cl.O=C(NC[C@@H]1C[C@H](F)CN1)c1csc(-c2ccc(C(F)(F)F)cc2)n1. The zero-order valence-corrected chi connectivity index (χ0v) is 15.0. The summed E-state index contributed by atoms with van der Waals surface area (Å²) in [6.07, 6.45) is -4.93. The van der Waals surface area contributed by atoms with Crippen molar-refractivity contribution >= 4 is 29.7 Å². The quantitative estimate of drug-likeness (QED) is 0.757. The molecular weight excluding hydrogens is 394 g/mol. The van der Waals surface area contributed by atoms with Crippen LogP contribution in [0.2, 0.25) is 0 Å². The van der Waals surface area contributed by atoms with Crippen molar-refractivity contribution in [1.82, 2.24) is 15.6 Å². The van der Waals surface area contributed by atoms with Gasteiger partial charge in [-0.3, -0.25) is 4.79 Å². The zero-order valence-electron chi connectivity index (χ0n) is 13.3. The molecular formula is C16H16ClF4N3OS. The van der Waals surface area contributed by atoms with Crippen LogP contribution in [-0.4, -0.2) is 36.2 Å². The first-order chi connectivity index (χ1) is 11.8. The molecule has 1 amide bonds. The van der Waals surface area contributed by atoms with Crippen LogP contribution in [0.3, 0.4) is 0 Å². The van der Waals surface area contributed by atoms with Crippen LogP contribution in [0, 0.1) is 0 Å². The van der Waals surface area contributed by atoms with Gasteiger partial charge in [0.05, 0.1) is 5.56 Å². The van der Waals surface area contributed by atoms with Gasteiger partial charge in [-0.25, -0.2) is 9.37 Å². The van der Waals surface area contributed by atoms with E-state index in [9.17, 15) is 22.4 Å². The van der Waals surface area contributed by atoms with Crippen molar-refractivity contribution in [2.24, 2.45) is 0 Å². The van der Waals surface area contributed by atoms with E-state index >= 15 is 0 Å². The molecule has 1 aliphatic heterocycles. The number of alkyl halides is 4. The van der Waals surface area contributed by atoms with Gasteiger partial charge >= 0.3 is 6.18 Å². The Morgan fingerprint density at radius 2 is 2.00 bits per heavy atom. The standard InChI is InChI=1S/C16H15F4N3OS.ClH/c17-11-5-12(21-6-11)7-22-14(24)13-8-25-15(23-13)9-1-3-10(4-2-9)16(18,19)20;/h1-4,8,11-12,21H,5-7H2,(H,22,24);1H/t11-,12-;/m0./s1. The van der Waals surface area contributed by atoms with Crippen LogP contribution in [0.25, 0.3) is 10.6 Å². The average molecular weight is 410 g/mol.